The molecule has 0 aromatic rings. The zero-order valence-electron chi connectivity index (χ0n) is 8.88. The van der Waals surface area contributed by atoms with Crippen molar-refractivity contribution in [2.45, 2.75) is 45.4 Å². The third-order valence-electron chi connectivity index (χ3n) is 2.57. The van der Waals surface area contributed by atoms with Crippen molar-refractivity contribution in [2.75, 3.05) is 0 Å². The number of allylic oxidation sites excluding steroid dienone is 5. The summed E-state index contributed by atoms with van der Waals surface area (Å²) < 4.78 is 0. The Kier molecular flexibility index (Phi) is 5.03. The topological polar surface area (TPSA) is 17.1 Å². The van der Waals surface area contributed by atoms with Crippen molar-refractivity contribution >= 4 is 5.94 Å². The molecule has 1 aliphatic rings. The van der Waals surface area contributed by atoms with Crippen LogP contribution in [0.3, 0.4) is 0 Å². The van der Waals surface area contributed by atoms with E-state index >= 15 is 0 Å². The van der Waals surface area contributed by atoms with Crippen LogP contribution >= 0.6 is 0 Å². The van der Waals surface area contributed by atoms with Gasteiger partial charge in [0.15, 0.2) is 0 Å². The molecule has 0 spiro atoms. The van der Waals surface area contributed by atoms with Crippen LogP contribution in [-0.4, -0.2) is 5.94 Å². The lowest BCUT2D eigenvalue weighted by atomic mass is 9.94. The molecule has 1 nitrogen and oxygen atoms in total. The number of carbonyl (C=O) groups excluding carboxylic acids is 1. The third-order valence-corrected chi connectivity index (χ3v) is 2.57. The van der Waals surface area contributed by atoms with Crippen LogP contribution in [0.25, 0.3) is 0 Å². The second-order valence-corrected chi connectivity index (χ2v) is 3.72. The van der Waals surface area contributed by atoms with Crippen LogP contribution in [0.1, 0.15) is 45.4 Å². The molecule has 1 aliphatic carbocycles. The van der Waals surface area contributed by atoms with Gasteiger partial charge >= 0.3 is 0 Å². The van der Waals surface area contributed by atoms with Crippen molar-refractivity contribution in [3.8, 4) is 0 Å². The average Bonchev–Trinajstić information content (AvgIpc) is 2.25. The lowest BCUT2D eigenvalue weighted by Crippen LogP contribution is -1.94. The van der Waals surface area contributed by atoms with E-state index in [9.17, 15) is 4.79 Å². The van der Waals surface area contributed by atoms with E-state index < -0.39 is 0 Å². The van der Waals surface area contributed by atoms with E-state index in [1.165, 1.54) is 31.3 Å². The molecule has 76 valence electrons. The number of hydrogen-bond acceptors (Lipinski definition) is 1. The van der Waals surface area contributed by atoms with Gasteiger partial charge in [0.1, 0.15) is 5.94 Å². The van der Waals surface area contributed by atoms with E-state index in [-0.39, 0.29) is 0 Å². The second-order valence-electron chi connectivity index (χ2n) is 3.72. The van der Waals surface area contributed by atoms with Gasteiger partial charge < -0.3 is 0 Å². The first kappa shape index (κ1) is 11.0. The van der Waals surface area contributed by atoms with Gasteiger partial charge in [0.25, 0.3) is 0 Å². The third kappa shape index (κ3) is 3.35. The van der Waals surface area contributed by atoms with E-state index in [1.54, 1.807) is 0 Å². The van der Waals surface area contributed by atoms with Gasteiger partial charge in [-0.05, 0) is 18.4 Å². The summed E-state index contributed by atoms with van der Waals surface area (Å²) in [6.07, 6.45) is 12.9. The van der Waals surface area contributed by atoms with Crippen LogP contribution in [-0.2, 0) is 4.79 Å². The number of hydrogen-bond donors (Lipinski definition) is 0. The summed E-state index contributed by atoms with van der Waals surface area (Å²) in [5.74, 6) is 2.04. The fourth-order valence-corrected chi connectivity index (χ4v) is 1.69. The molecular formula is C13H18O. The molecule has 0 aromatic heterocycles. The summed E-state index contributed by atoms with van der Waals surface area (Å²) in [5, 5.41) is 0. The normalized spacial score (nSPS) is 15.2. The lowest BCUT2D eigenvalue weighted by molar-refractivity contribution is 0.566. The summed E-state index contributed by atoms with van der Waals surface area (Å²) in [6.45, 7) is 2.21. The van der Waals surface area contributed by atoms with Gasteiger partial charge in [-0.3, -0.25) is 0 Å². The molecule has 0 saturated heterocycles. The molecule has 0 radical (unpaired) electrons. The van der Waals surface area contributed by atoms with Crippen LogP contribution < -0.4 is 0 Å². The van der Waals surface area contributed by atoms with Crippen molar-refractivity contribution in [3.05, 3.63) is 29.4 Å². The van der Waals surface area contributed by atoms with Crippen LogP contribution in [0.5, 0.6) is 0 Å². The van der Waals surface area contributed by atoms with E-state index in [0.717, 1.165) is 18.4 Å². The van der Waals surface area contributed by atoms with Gasteiger partial charge in [0.2, 0.25) is 0 Å². The minimum Gasteiger partial charge on any atom is -0.233 e. The standard InChI is InChI=1S/C13H18O/c1-2-3-4-5-8-12-9-6-7-10-13(12)11-14/h6-7,9H,2-5,8,10H2,1H3. The minimum absolute atomic E-state index is 0.767. The van der Waals surface area contributed by atoms with Gasteiger partial charge in [-0.25, -0.2) is 4.79 Å². The maximum Gasteiger partial charge on any atom is 0.128 e. The van der Waals surface area contributed by atoms with Gasteiger partial charge in [0.05, 0.1) is 0 Å². The summed E-state index contributed by atoms with van der Waals surface area (Å²) in [6, 6.07) is 0. The van der Waals surface area contributed by atoms with Crippen molar-refractivity contribution in [1.82, 2.24) is 0 Å². The Hall–Kier alpha value is -1.07. The molecule has 0 bridgehead atoms. The Balaban J connectivity index is 2.38. The lowest BCUT2D eigenvalue weighted by Gasteiger charge is -2.09. The summed E-state index contributed by atoms with van der Waals surface area (Å²) in [7, 11) is 0. The highest BCUT2D eigenvalue weighted by Gasteiger charge is 2.06. The Morgan fingerprint density at radius 2 is 2.21 bits per heavy atom. The number of unbranched alkanes of at least 4 members (excludes halogenated alkanes) is 3. The number of rotatable bonds is 5. The summed E-state index contributed by atoms with van der Waals surface area (Å²) in [5.41, 5.74) is 2.04. The first-order valence-corrected chi connectivity index (χ1v) is 5.48. The molecule has 1 rings (SSSR count). The second kappa shape index (κ2) is 6.39. The first-order chi connectivity index (χ1) is 6.88. The molecule has 0 unspecified atom stereocenters. The minimum atomic E-state index is 0.767. The molecule has 1 heteroatoms. The van der Waals surface area contributed by atoms with Crippen molar-refractivity contribution in [1.29, 1.82) is 0 Å². The highest BCUT2D eigenvalue weighted by molar-refractivity contribution is 5.63. The average molecular weight is 190 g/mol. The Morgan fingerprint density at radius 1 is 1.36 bits per heavy atom. The summed E-state index contributed by atoms with van der Waals surface area (Å²) in [4.78, 5) is 10.6. The van der Waals surface area contributed by atoms with Crippen molar-refractivity contribution in [2.24, 2.45) is 0 Å². The van der Waals surface area contributed by atoms with E-state index in [0.29, 0.717) is 0 Å². The monoisotopic (exact) mass is 190 g/mol. The van der Waals surface area contributed by atoms with Gasteiger partial charge in [0, 0.05) is 12.0 Å². The highest BCUT2D eigenvalue weighted by atomic mass is 16.1. The van der Waals surface area contributed by atoms with Crippen LogP contribution in [0.2, 0.25) is 0 Å². The smallest absolute Gasteiger partial charge is 0.128 e. The SMILES string of the molecule is CCCCCCC1=CC=CCC1=C=O. The molecule has 0 N–H and O–H groups in total. The van der Waals surface area contributed by atoms with Gasteiger partial charge in [-0.1, -0.05) is 44.4 Å². The van der Waals surface area contributed by atoms with Crippen LogP contribution in [0.15, 0.2) is 29.4 Å². The molecule has 0 aromatic carbocycles. The molecule has 0 atom stereocenters. The van der Waals surface area contributed by atoms with Crippen LogP contribution in [0.4, 0.5) is 0 Å². The molecule has 0 aliphatic heterocycles. The first-order valence-electron chi connectivity index (χ1n) is 5.48. The van der Waals surface area contributed by atoms with Crippen molar-refractivity contribution < 1.29 is 4.79 Å². The fourth-order valence-electron chi connectivity index (χ4n) is 1.69. The quantitative estimate of drug-likeness (QED) is 0.478. The molecule has 0 heterocycles. The maximum absolute atomic E-state index is 10.6. The highest BCUT2D eigenvalue weighted by Crippen LogP contribution is 2.22. The predicted octanol–water partition coefficient (Wildman–Crippen LogP) is 3.60. The Morgan fingerprint density at radius 3 is 2.93 bits per heavy atom. The van der Waals surface area contributed by atoms with E-state index in [1.807, 2.05) is 18.1 Å². The molecule has 14 heavy (non-hydrogen) atoms. The van der Waals surface area contributed by atoms with E-state index in [4.69, 9.17) is 0 Å². The molecule has 0 amide bonds. The zero-order valence-corrected chi connectivity index (χ0v) is 8.88. The Bertz CT molecular complexity index is 278. The van der Waals surface area contributed by atoms with Gasteiger partial charge in [-0.2, -0.15) is 0 Å². The van der Waals surface area contributed by atoms with E-state index in [2.05, 4.69) is 13.0 Å². The molecule has 0 saturated carbocycles. The van der Waals surface area contributed by atoms with Gasteiger partial charge in [-0.15, -0.1) is 0 Å². The molecule has 0 fully saturated rings. The zero-order chi connectivity index (χ0) is 10.2. The van der Waals surface area contributed by atoms with Crippen molar-refractivity contribution in [3.63, 3.8) is 0 Å². The Labute approximate surface area is 86.2 Å². The summed E-state index contributed by atoms with van der Waals surface area (Å²) >= 11 is 0. The molecular weight excluding hydrogens is 172 g/mol. The van der Waals surface area contributed by atoms with Crippen LogP contribution in [0, 0.1) is 0 Å². The predicted molar refractivity (Wildman–Crippen MR) is 59.8 cm³/mol. The fraction of sp³-hybridized carbons (Fsp3) is 0.538. The largest absolute Gasteiger partial charge is 0.233 e. The maximum atomic E-state index is 10.6.